The van der Waals surface area contributed by atoms with Gasteiger partial charge in [0.2, 0.25) is 0 Å². The molecule has 1 amide bonds. The van der Waals surface area contributed by atoms with E-state index in [1.54, 1.807) is 30.6 Å². The predicted molar refractivity (Wildman–Crippen MR) is 113 cm³/mol. The Balaban J connectivity index is 1.59. The fraction of sp³-hybridized carbons (Fsp3) is 0.0952. The molecule has 0 fully saturated rings. The number of ether oxygens (including phenoxy) is 2. The molecule has 0 unspecified atom stereocenters. The molecule has 152 valence electrons. The Morgan fingerprint density at radius 3 is 2.70 bits per heavy atom. The van der Waals surface area contributed by atoms with Gasteiger partial charge in [-0.1, -0.05) is 0 Å². The maximum absolute atomic E-state index is 13.9. The molecule has 0 spiro atoms. The van der Waals surface area contributed by atoms with Gasteiger partial charge in [-0.2, -0.15) is 0 Å². The van der Waals surface area contributed by atoms with Crippen LogP contribution in [0, 0.1) is 10.6 Å². The number of hydrogen-bond acceptors (Lipinski definition) is 5. The van der Waals surface area contributed by atoms with Crippen LogP contribution < -0.4 is 14.8 Å². The minimum absolute atomic E-state index is 0.132. The minimum Gasteiger partial charge on any atom is -0.493 e. The summed E-state index contributed by atoms with van der Waals surface area (Å²) in [5.74, 6) is -0.0634. The van der Waals surface area contributed by atoms with E-state index in [-0.39, 0.29) is 5.56 Å². The van der Waals surface area contributed by atoms with Gasteiger partial charge in [-0.15, -0.1) is 0 Å². The number of anilines is 1. The van der Waals surface area contributed by atoms with E-state index >= 15 is 0 Å². The van der Waals surface area contributed by atoms with Crippen molar-refractivity contribution in [2.24, 2.45) is 0 Å². The molecule has 0 radical (unpaired) electrons. The molecule has 4 rings (SSSR count). The van der Waals surface area contributed by atoms with Gasteiger partial charge < -0.3 is 24.8 Å². The fourth-order valence-electron chi connectivity index (χ4n) is 2.99. The van der Waals surface area contributed by atoms with E-state index in [0.29, 0.717) is 39.6 Å². The Hall–Kier alpha value is -3.72. The molecular formula is C21H17FN4O3S. The molecule has 2 heterocycles. The number of methoxy groups -OCH3 is 1. The van der Waals surface area contributed by atoms with Crippen LogP contribution in [0.2, 0.25) is 0 Å². The molecular weight excluding hydrogens is 407 g/mol. The lowest BCUT2D eigenvalue weighted by atomic mass is 10.1. The van der Waals surface area contributed by atoms with E-state index in [4.69, 9.17) is 21.7 Å². The molecule has 9 heteroatoms. The quantitative estimate of drug-likeness (QED) is 0.394. The number of H-pyrrole nitrogens is 2. The largest absolute Gasteiger partial charge is 0.493 e. The summed E-state index contributed by atoms with van der Waals surface area (Å²) in [6, 6.07) is 11.1. The number of pyridine rings is 1. The number of aromatic nitrogens is 3. The van der Waals surface area contributed by atoms with Crippen molar-refractivity contribution in [2.75, 3.05) is 12.4 Å². The van der Waals surface area contributed by atoms with Crippen LogP contribution >= 0.6 is 12.2 Å². The smallest absolute Gasteiger partial charge is 0.257 e. The van der Waals surface area contributed by atoms with Gasteiger partial charge in [-0.05, 0) is 54.2 Å². The number of hydrogen-bond donors (Lipinski definition) is 3. The molecule has 0 aliphatic carbocycles. The van der Waals surface area contributed by atoms with Crippen molar-refractivity contribution >= 4 is 34.8 Å². The first-order chi connectivity index (χ1) is 14.5. The SMILES string of the molecule is COc1ccc(NC(=O)c2cc(F)cc3[nH]c(=S)[nH]c23)cc1OCc1ccncc1. The van der Waals surface area contributed by atoms with E-state index < -0.39 is 11.7 Å². The highest BCUT2D eigenvalue weighted by atomic mass is 32.1. The topological polar surface area (TPSA) is 92.0 Å². The summed E-state index contributed by atoms with van der Waals surface area (Å²) in [5.41, 5.74) is 2.39. The summed E-state index contributed by atoms with van der Waals surface area (Å²) < 4.78 is 25.4. The first-order valence-corrected chi connectivity index (χ1v) is 9.37. The average Bonchev–Trinajstić information content (AvgIpc) is 3.12. The monoisotopic (exact) mass is 424 g/mol. The Kier molecular flexibility index (Phi) is 5.44. The van der Waals surface area contributed by atoms with Crippen LogP contribution in [-0.4, -0.2) is 28.0 Å². The highest BCUT2D eigenvalue weighted by Gasteiger charge is 2.15. The van der Waals surface area contributed by atoms with E-state index in [1.165, 1.54) is 13.2 Å². The Morgan fingerprint density at radius 1 is 1.13 bits per heavy atom. The highest BCUT2D eigenvalue weighted by molar-refractivity contribution is 7.71. The van der Waals surface area contributed by atoms with E-state index in [1.807, 2.05) is 12.1 Å². The van der Waals surface area contributed by atoms with E-state index in [9.17, 15) is 9.18 Å². The summed E-state index contributed by atoms with van der Waals surface area (Å²) >= 11 is 5.05. The van der Waals surface area contributed by atoms with Gasteiger partial charge in [0.15, 0.2) is 16.3 Å². The van der Waals surface area contributed by atoms with Crippen molar-refractivity contribution in [1.29, 1.82) is 0 Å². The summed E-state index contributed by atoms with van der Waals surface area (Å²) in [6.07, 6.45) is 3.36. The second-order valence-electron chi connectivity index (χ2n) is 6.42. The Bertz CT molecular complexity index is 1270. The number of rotatable bonds is 6. The molecule has 2 aromatic heterocycles. The predicted octanol–water partition coefficient (Wildman–Crippen LogP) is 4.60. The number of imidazole rings is 1. The third-order valence-corrected chi connectivity index (χ3v) is 4.60. The van der Waals surface area contributed by atoms with Gasteiger partial charge in [0.05, 0.1) is 23.7 Å². The molecule has 30 heavy (non-hydrogen) atoms. The fourth-order valence-corrected chi connectivity index (χ4v) is 3.20. The lowest BCUT2D eigenvalue weighted by Gasteiger charge is -2.13. The summed E-state index contributed by atoms with van der Waals surface area (Å²) in [5, 5.41) is 2.76. The summed E-state index contributed by atoms with van der Waals surface area (Å²) in [6.45, 7) is 0.306. The van der Waals surface area contributed by atoms with Crippen molar-refractivity contribution < 1.29 is 18.7 Å². The van der Waals surface area contributed by atoms with Crippen molar-refractivity contribution in [1.82, 2.24) is 15.0 Å². The normalized spacial score (nSPS) is 10.7. The number of nitrogens with one attached hydrogen (secondary N) is 3. The van der Waals surface area contributed by atoms with Crippen LogP contribution in [-0.2, 0) is 6.61 Å². The van der Waals surface area contributed by atoms with Crippen molar-refractivity contribution in [3.63, 3.8) is 0 Å². The molecule has 0 aliphatic rings. The standard InChI is InChI=1S/C21H17FN4O3S/c1-28-17-3-2-14(10-18(17)29-11-12-4-6-23-7-5-12)24-20(27)15-8-13(22)9-16-19(15)26-21(30)25-16/h2-10H,11H2,1H3,(H,24,27)(H2,25,26,30). The molecule has 4 aromatic rings. The van der Waals surface area contributed by atoms with Crippen molar-refractivity contribution in [3.8, 4) is 11.5 Å². The van der Waals surface area contributed by atoms with Gasteiger partial charge in [-0.3, -0.25) is 9.78 Å². The van der Waals surface area contributed by atoms with Gasteiger partial charge in [0, 0.05) is 24.1 Å². The number of carbonyl (C=O) groups excluding carboxylic acids is 1. The van der Waals surface area contributed by atoms with Crippen LogP contribution in [0.1, 0.15) is 15.9 Å². The number of nitrogens with zero attached hydrogens (tertiary/aromatic N) is 1. The number of amides is 1. The molecule has 0 atom stereocenters. The maximum Gasteiger partial charge on any atom is 0.257 e. The van der Waals surface area contributed by atoms with Gasteiger partial charge in [0.25, 0.3) is 5.91 Å². The highest BCUT2D eigenvalue weighted by Crippen LogP contribution is 2.31. The lowest BCUT2D eigenvalue weighted by Crippen LogP contribution is -2.13. The van der Waals surface area contributed by atoms with Gasteiger partial charge in [-0.25, -0.2) is 4.39 Å². The average molecular weight is 424 g/mol. The molecule has 3 N–H and O–H groups in total. The zero-order chi connectivity index (χ0) is 21.1. The summed E-state index contributed by atoms with van der Waals surface area (Å²) in [7, 11) is 1.53. The molecule has 0 saturated carbocycles. The molecule has 0 bridgehead atoms. The third-order valence-electron chi connectivity index (χ3n) is 4.40. The van der Waals surface area contributed by atoms with Crippen LogP contribution in [0.4, 0.5) is 10.1 Å². The van der Waals surface area contributed by atoms with Gasteiger partial charge in [0.1, 0.15) is 12.4 Å². The lowest BCUT2D eigenvalue weighted by molar-refractivity contribution is 0.102. The molecule has 2 aromatic carbocycles. The Labute approximate surface area is 175 Å². The summed E-state index contributed by atoms with van der Waals surface area (Å²) in [4.78, 5) is 22.5. The molecule has 0 saturated heterocycles. The van der Waals surface area contributed by atoms with Crippen LogP contribution in [0.5, 0.6) is 11.5 Å². The van der Waals surface area contributed by atoms with Gasteiger partial charge >= 0.3 is 0 Å². The van der Waals surface area contributed by atoms with Crippen LogP contribution in [0.3, 0.4) is 0 Å². The Morgan fingerprint density at radius 2 is 1.93 bits per heavy atom. The first kappa shape index (κ1) is 19.6. The number of carbonyl (C=O) groups is 1. The van der Waals surface area contributed by atoms with E-state index in [0.717, 1.165) is 11.6 Å². The third kappa shape index (κ3) is 4.15. The second kappa shape index (κ2) is 8.34. The first-order valence-electron chi connectivity index (χ1n) is 8.96. The number of benzene rings is 2. The van der Waals surface area contributed by atoms with Crippen LogP contribution in [0.25, 0.3) is 11.0 Å². The minimum atomic E-state index is -0.547. The van der Waals surface area contributed by atoms with Crippen LogP contribution in [0.15, 0.2) is 54.9 Å². The zero-order valence-corrected chi connectivity index (χ0v) is 16.7. The van der Waals surface area contributed by atoms with E-state index in [2.05, 4.69) is 20.3 Å². The number of halogens is 1. The zero-order valence-electron chi connectivity index (χ0n) is 15.9. The van der Waals surface area contributed by atoms with Crippen molar-refractivity contribution in [3.05, 3.63) is 76.6 Å². The molecule has 0 aliphatic heterocycles. The maximum atomic E-state index is 13.9. The van der Waals surface area contributed by atoms with Crippen molar-refractivity contribution in [2.45, 2.75) is 6.61 Å². The molecule has 7 nitrogen and oxygen atoms in total. The second-order valence-corrected chi connectivity index (χ2v) is 6.83. The number of fused-ring (bicyclic) bond motifs is 1. The number of aromatic amines is 2.